The molecule has 0 saturated carbocycles. The summed E-state index contributed by atoms with van der Waals surface area (Å²) in [4.78, 5) is -0.439. The van der Waals surface area contributed by atoms with Crippen LogP contribution in [0.15, 0.2) is 17.0 Å². The van der Waals surface area contributed by atoms with E-state index in [-0.39, 0.29) is 17.7 Å². The summed E-state index contributed by atoms with van der Waals surface area (Å²) in [6.07, 6.45) is 0. The van der Waals surface area contributed by atoms with Gasteiger partial charge in [-0.05, 0) is 17.7 Å². The number of hydrogen-bond donors (Lipinski definition) is 2. The molecule has 0 saturated heterocycles. The van der Waals surface area contributed by atoms with Gasteiger partial charge in [0.2, 0.25) is 0 Å². The number of phenols is 1. The van der Waals surface area contributed by atoms with E-state index in [0.29, 0.717) is 0 Å². The summed E-state index contributed by atoms with van der Waals surface area (Å²) in [7, 11) is 1.05. The highest BCUT2D eigenvalue weighted by Crippen LogP contribution is 2.30. The fourth-order valence-corrected chi connectivity index (χ4v) is 2.47. The van der Waals surface area contributed by atoms with E-state index in [9.17, 15) is 13.5 Å². The van der Waals surface area contributed by atoms with Crippen molar-refractivity contribution in [3.63, 3.8) is 0 Å². The summed E-state index contributed by atoms with van der Waals surface area (Å²) in [5.41, 5.74) is 5.53. The van der Waals surface area contributed by atoms with Crippen molar-refractivity contribution in [3.8, 4) is 11.8 Å². The minimum Gasteiger partial charge on any atom is -0.506 e. The highest BCUT2D eigenvalue weighted by Gasteiger charge is 2.20. The summed E-state index contributed by atoms with van der Waals surface area (Å²) in [6.45, 7) is -0.135. The first-order chi connectivity index (χ1) is 6.90. The summed E-state index contributed by atoms with van der Waals surface area (Å²) in [6, 6.07) is 4.06. The van der Waals surface area contributed by atoms with Crippen molar-refractivity contribution in [1.29, 1.82) is 5.26 Å². The molecule has 1 rings (SSSR count). The Hall–Kier alpha value is -1.29. The lowest BCUT2D eigenvalue weighted by Gasteiger charge is -2.07. The van der Waals surface area contributed by atoms with Gasteiger partial charge in [-0.1, -0.05) is 0 Å². The van der Waals surface area contributed by atoms with E-state index in [1.54, 1.807) is 6.07 Å². The Labute approximate surface area is 91.1 Å². The minimum atomic E-state index is -4.07. The highest BCUT2D eigenvalue weighted by molar-refractivity contribution is 8.13. The van der Waals surface area contributed by atoms with Gasteiger partial charge in [0.1, 0.15) is 10.6 Å². The van der Waals surface area contributed by atoms with Gasteiger partial charge >= 0.3 is 0 Å². The number of aromatic hydroxyl groups is 1. The average Bonchev–Trinajstić information content (AvgIpc) is 2.14. The van der Waals surface area contributed by atoms with Gasteiger partial charge in [-0.2, -0.15) is 5.26 Å². The van der Waals surface area contributed by atoms with Crippen LogP contribution in [0.5, 0.6) is 5.75 Å². The SMILES string of the molecule is N#Cc1cc(O)c(S(=O)(=O)Cl)c(CN)c1. The predicted octanol–water partition coefficient (Wildman–Crippen LogP) is 0.650. The van der Waals surface area contributed by atoms with Crippen molar-refractivity contribution in [2.24, 2.45) is 5.73 Å². The first-order valence-corrected chi connectivity index (χ1v) is 6.11. The molecule has 1 aromatic rings. The van der Waals surface area contributed by atoms with Crippen LogP contribution in [0.25, 0.3) is 0 Å². The monoisotopic (exact) mass is 246 g/mol. The molecule has 7 heteroatoms. The molecule has 1 aromatic carbocycles. The summed E-state index contributed by atoms with van der Waals surface area (Å²) in [5, 5.41) is 18.0. The van der Waals surface area contributed by atoms with Gasteiger partial charge in [0.05, 0.1) is 11.6 Å². The summed E-state index contributed by atoms with van der Waals surface area (Å²) < 4.78 is 22.2. The molecule has 0 bridgehead atoms. The first-order valence-electron chi connectivity index (χ1n) is 3.81. The van der Waals surface area contributed by atoms with Crippen LogP contribution in [0.1, 0.15) is 11.1 Å². The molecule has 0 unspecified atom stereocenters. The maximum atomic E-state index is 11.1. The molecule has 0 atom stereocenters. The zero-order valence-electron chi connectivity index (χ0n) is 7.44. The van der Waals surface area contributed by atoms with Crippen molar-refractivity contribution in [2.45, 2.75) is 11.4 Å². The smallest absolute Gasteiger partial charge is 0.265 e. The molecule has 0 fully saturated rings. The van der Waals surface area contributed by atoms with E-state index < -0.39 is 19.7 Å². The number of nitriles is 1. The molecule has 0 aliphatic rings. The van der Waals surface area contributed by atoms with Crippen LogP contribution >= 0.6 is 10.7 Å². The lowest BCUT2D eigenvalue weighted by Crippen LogP contribution is -2.05. The number of phenolic OH excluding ortho intramolecular Hbond substituents is 1. The second-order valence-electron chi connectivity index (χ2n) is 2.74. The van der Waals surface area contributed by atoms with Crippen LogP contribution in [0, 0.1) is 11.3 Å². The van der Waals surface area contributed by atoms with Crippen molar-refractivity contribution in [2.75, 3.05) is 0 Å². The van der Waals surface area contributed by atoms with Crippen LogP contribution in [0.4, 0.5) is 0 Å². The lowest BCUT2D eigenvalue weighted by atomic mass is 10.1. The van der Waals surface area contributed by atoms with Gasteiger partial charge in [-0.3, -0.25) is 0 Å². The third-order valence-electron chi connectivity index (χ3n) is 1.74. The minimum absolute atomic E-state index is 0.113. The van der Waals surface area contributed by atoms with Gasteiger partial charge in [0, 0.05) is 17.2 Å². The van der Waals surface area contributed by atoms with Crippen LogP contribution in [0.3, 0.4) is 0 Å². The number of benzene rings is 1. The predicted molar refractivity (Wildman–Crippen MR) is 53.8 cm³/mol. The lowest BCUT2D eigenvalue weighted by molar-refractivity contribution is 0.457. The highest BCUT2D eigenvalue weighted by atomic mass is 35.7. The summed E-state index contributed by atoms with van der Waals surface area (Å²) in [5.74, 6) is -0.565. The van der Waals surface area contributed by atoms with E-state index >= 15 is 0 Å². The number of rotatable bonds is 2. The van der Waals surface area contributed by atoms with Crippen molar-refractivity contribution < 1.29 is 13.5 Å². The maximum absolute atomic E-state index is 11.1. The van der Waals surface area contributed by atoms with Gasteiger partial charge < -0.3 is 10.8 Å². The molecular weight excluding hydrogens is 240 g/mol. The van der Waals surface area contributed by atoms with Crippen LogP contribution in [0.2, 0.25) is 0 Å². The quantitative estimate of drug-likeness (QED) is 0.746. The van der Waals surface area contributed by atoms with E-state index in [1.807, 2.05) is 0 Å². The normalized spacial score (nSPS) is 11.0. The van der Waals surface area contributed by atoms with Gasteiger partial charge in [-0.25, -0.2) is 8.42 Å². The van der Waals surface area contributed by atoms with Crippen LogP contribution in [-0.2, 0) is 15.6 Å². The second kappa shape index (κ2) is 4.06. The molecular formula is C8H7ClN2O3S. The fourth-order valence-electron chi connectivity index (χ4n) is 1.17. The Morgan fingerprint density at radius 2 is 2.13 bits per heavy atom. The molecule has 0 radical (unpaired) electrons. The van der Waals surface area contributed by atoms with Crippen molar-refractivity contribution >= 4 is 19.7 Å². The fraction of sp³-hybridized carbons (Fsp3) is 0.125. The van der Waals surface area contributed by atoms with Gasteiger partial charge in [0.15, 0.2) is 0 Å². The van der Waals surface area contributed by atoms with E-state index in [4.69, 9.17) is 21.7 Å². The molecule has 0 aliphatic heterocycles. The molecule has 3 N–H and O–H groups in total. The Balaban J connectivity index is 3.61. The molecule has 5 nitrogen and oxygen atoms in total. The number of nitrogens with zero attached hydrogens (tertiary/aromatic N) is 1. The molecule has 0 amide bonds. The van der Waals surface area contributed by atoms with Gasteiger partial charge in [0.25, 0.3) is 9.05 Å². The third kappa shape index (κ3) is 2.39. The van der Waals surface area contributed by atoms with Crippen molar-refractivity contribution in [3.05, 3.63) is 23.3 Å². The Kier molecular flexibility index (Phi) is 3.19. The van der Waals surface area contributed by atoms with Gasteiger partial charge in [-0.15, -0.1) is 0 Å². The first kappa shape index (κ1) is 11.8. The Morgan fingerprint density at radius 3 is 2.53 bits per heavy atom. The average molecular weight is 247 g/mol. The maximum Gasteiger partial charge on any atom is 0.265 e. The van der Waals surface area contributed by atoms with E-state index in [0.717, 1.165) is 6.07 Å². The van der Waals surface area contributed by atoms with Crippen LogP contribution < -0.4 is 5.73 Å². The zero-order chi connectivity index (χ0) is 11.6. The Morgan fingerprint density at radius 1 is 1.53 bits per heavy atom. The molecule has 0 aromatic heterocycles. The third-order valence-corrected chi connectivity index (χ3v) is 3.16. The number of halogens is 1. The number of nitrogens with two attached hydrogens (primary N) is 1. The zero-order valence-corrected chi connectivity index (χ0v) is 9.01. The van der Waals surface area contributed by atoms with E-state index in [2.05, 4.69) is 0 Å². The standard InChI is InChI=1S/C8H7ClN2O3S/c9-15(13,14)8-6(4-11)1-5(3-10)2-7(8)12/h1-2,12H,4,11H2. The summed E-state index contributed by atoms with van der Waals surface area (Å²) >= 11 is 0. The largest absolute Gasteiger partial charge is 0.506 e. The number of hydrogen-bond acceptors (Lipinski definition) is 5. The molecule has 15 heavy (non-hydrogen) atoms. The Bertz CT molecular complexity index is 534. The molecule has 0 heterocycles. The van der Waals surface area contributed by atoms with E-state index in [1.165, 1.54) is 6.07 Å². The molecule has 0 aliphatic carbocycles. The second-order valence-corrected chi connectivity index (χ2v) is 5.24. The molecule has 0 spiro atoms. The molecule has 80 valence electrons. The topological polar surface area (TPSA) is 104 Å². The van der Waals surface area contributed by atoms with Crippen LogP contribution in [-0.4, -0.2) is 13.5 Å². The van der Waals surface area contributed by atoms with Crippen molar-refractivity contribution in [1.82, 2.24) is 0 Å².